The van der Waals surface area contributed by atoms with Gasteiger partial charge in [0.2, 0.25) is 0 Å². The van der Waals surface area contributed by atoms with Crippen molar-refractivity contribution >= 4 is 5.97 Å². The van der Waals surface area contributed by atoms with Gasteiger partial charge in [-0.2, -0.15) is 0 Å². The van der Waals surface area contributed by atoms with Crippen LogP contribution in [0.5, 0.6) is 0 Å². The average molecular weight is 243 g/mol. The van der Waals surface area contributed by atoms with Crippen LogP contribution in [0.2, 0.25) is 0 Å². The van der Waals surface area contributed by atoms with E-state index in [1.165, 1.54) is 12.8 Å². The Morgan fingerprint density at radius 2 is 2.12 bits per heavy atom. The van der Waals surface area contributed by atoms with Crippen LogP contribution in [-0.4, -0.2) is 47.8 Å². The lowest BCUT2D eigenvalue weighted by Gasteiger charge is -2.27. The first-order valence-electron chi connectivity index (χ1n) is 6.63. The van der Waals surface area contributed by atoms with E-state index in [1.807, 2.05) is 6.92 Å². The zero-order chi connectivity index (χ0) is 12.8. The molecule has 1 atom stereocenters. The van der Waals surface area contributed by atoms with Crippen LogP contribution in [0.1, 0.15) is 40.0 Å². The second-order valence-electron chi connectivity index (χ2n) is 5.10. The van der Waals surface area contributed by atoms with E-state index in [-0.39, 0.29) is 0 Å². The summed E-state index contributed by atoms with van der Waals surface area (Å²) in [4.78, 5) is 13.3. The number of nitrogens with zero attached hydrogens (tertiary/aromatic N) is 1. The fourth-order valence-corrected chi connectivity index (χ4v) is 1.95. The van der Waals surface area contributed by atoms with E-state index in [1.54, 1.807) is 0 Å². The standard InChI is InChI=1S/C13H25NO3/c1-4-17-12(13(15)16)7-8-14(10(2)3)9-11-5-6-11/h10-12H,4-9H2,1-3H3,(H,15,16). The second kappa shape index (κ2) is 6.97. The van der Waals surface area contributed by atoms with Crippen LogP contribution in [0.15, 0.2) is 0 Å². The van der Waals surface area contributed by atoms with Gasteiger partial charge in [0, 0.05) is 25.7 Å². The molecule has 1 fully saturated rings. The highest BCUT2D eigenvalue weighted by Crippen LogP contribution is 2.30. The van der Waals surface area contributed by atoms with Crippen LogP contribution < -0.4 is 0 Å². The van der Waals surface area contributed by atoms with Gasteiger partial charge in [0.15, 0.2) is 6.10 Å². The normalized spacial score (nSPS) is 17.7. The first kappa shape index (κ1) is 14.5. The Bertz CT molecular complexity index is 239. The Hall–Kier alpha value is -0.610. The van der Waals surface area contributed by atoms with E-state index in [2.05, 4.69) is 18.7 Å². The van der Waals surface area contributed by atoms with Gasteiger partial charge in [0.25, 0.3) is 0 Å². The van der Waals surface area contributed by atoms with Crippen molar-refractivity contribution in [3.63, 3.8) is 0 Å². The molecule has 0 spiro atoms. The van der Waals surface area contributed by atoms with Crippen LogP contribution in [0.3, 0.4) is 0 Å². The number of hydrogen-bond acceptors (Lipinski definition) is 3. The minimum absolute atomic E-state index is 0.460. The van der Waals surface area contributed by atoms with Gasteiger partial charge in [-0.15, -0.1) is 0 Å². The Balaban J connectivity index is 2.34. The molecule has 1 rings (SSSR count). The maximum Gasteiger partial charge on any atom is 0.332 e. The molecular weight excluding hydrogens is 218 g/mol. The smallest absolute Gasteiger partial charge is 0.332 e. The van der Waals surface area contributed by atoms with E-state index in [9.17, 15) is 4.79 Å². The molecule has 0 saturated heterocycles. The van der Waals surface area contributed by atoms with Crippen LogP contribution in [0, 0.1) is 5.92 Å². The highest BCUT2D eigenvalue weighted by molar-refractivity contribution is 5.72. The van der Waals surface area contributed by atoms with Crippen LogP contribution in [0.25, 0.3) is 0 Å². The fraction of sp³-hybridized carbons (Fsp3) is 0.923. The molecular formula is C13H25NO3. The van der Waals surface area contributed by atoms with Gasteiger partial charge < -0.3 is 14.7 Å². The van der Waals surface area contributed by atoms with Gasteiger partial charge in [-0.25, -0.2) is 4.79 Å². The third-order valence-corrected chi connectivity index (χ3v) is 3.24. The maximum absolute atomic E-state index is 11.0. The average Bonchev–Trinajstić information content (AvgIpc) is 3.05. The highest BCUT2D eigenvalue weighted by atomic mass is 16.5. The second-order valence-corrected chi connectivity index (χ2v) is 5.10. The number of hydrogen-bond donors (Lipinski definition) is 1. The highest BCUT2D eigenvalue weighted by Gasteiger charge is 2.26. The van der Waals surface area contributed by atoms with E-state index >= 15 is 0 Å². The van der Waals surface area contributed by atoms with E-state index < -0.39 is 12.1 Å². The zero-order valence-corrected chi connectivity index (χ0v) is 11.2. The first-order chi connectivity index (χ1) is 8.04. The van der Waals surface area contributed by atoms with Crippen LogP contribution in [-0.2, 0) is 9.53 Å². The lowest BCUT2D eigenvalue weighted by atomic mass is 10.2. The molecule has 17 heavy (non-hydrogen) atoms. The summed E-state index contributed by atoms with van der Waals surface area (Å²) in [6.45, 7) is 8.54. The lowest BCUT2D eigenvalue weighted by molar-refractivity contribution is -0.150. The number of carboxylic acids is 1. The molecule has 0 radical (unpaired) electrons. The van der Waals surface area contributed by atoms with E-state index in [0.717, 1.165) is 19.0 Å². The number of carbonyl (C=O) groups is 1. The SMILES string of the molecule is CCOC(CCN(CC1CC1)C(C)C)C(=O)O. The van der Waals surface area contributed by atoms with E-state index in [0.29, 0.717) is 19.1 Å². The maximum atomic E-state index is 11.0. The quantitative estimate of drug-likeness (QED) is 0.673. The van der Waals surface area contributed by atoms with Crippen molar-refractivity contribution in [2.24, 2.45) is 5.92 Å². The largest absolute Gasteiger partial charge is 0.479 e. The summed E-state index contributed by atoms with van der Waals surface area (Å²) >= 11 is 0. The Kier molecular flexibility index (Phi) is 5.92. The van der Waals surface area contributed by atoms with Crippen molar-refractivity contribution < 1.29 is 14.6 Å². The minimum Gasteiger partial charge on any atom is -0.479 e. The topological polar surface area (TPSA) is 49.8 Å². The summed E-state index contributed by atoms with van der Waals surface area (Å²) in [6.07, 6.45) is 2.59. The molecule has 0 heterocycles. The van der Waals surface area contributed by atoms with Crippen molar-refractivity contribution in [1.29, 1.82) is 0 Å². The minimum atomic E-state index is -0.845. The summed E-state index contributed by atoms with van der Waals surface area (Å²) < 4.78 is 5.23. The molecule has 1 aliphatic carbocycles. The molecule has 100 valence electrons. The van der Waals surface area contributed by atoms with Crippen molar-refractivity contribution in [3.05, 3.63) is 0 Å². The van der Waals surface area contributed by atoms with Gasteiger partial charge in [-0.3, -0.25) is 0 Å². The van der Waals surface area contributed by atoms with Crippen molar-refractivity contribution in [1.82, 2.24) is 4.90 Å². The first-order valence-corrected chi connectivity index (χ1v) is 6.63. The van der Waals surface area contributed by atoms with Gasteiger partial charge in [-0.1, -0.05) is 0 Å². The van der Waals surface area contributed by atoms with Crippen molar-refractivity contribution in [2.45, 2.75) is 52.2 Å². The Morgan fingerprint density at radius 3 is 2.53 bits per heavy atom. The third kappa shape index (κ3) is 5.50. The lowest BCUT2D eigenvalue weighted by Crippen LogP contribution is -2.37. The number of aliphatic carboxylic acids is 1. The van der Waals surface area contributed by atoms with Crippen LogP contribution in [0.4, 0.5) is 0 Å². The number of ether oxygens (including phenoxy) is 1. The predicted octanol–water partition coefficient (Wildman–Crippen LogP) is 1.99. The molecule has 1 saturated carbocycles. The van der Waals surface area contributed by atoms with E-state index in [4.69, 9.17) is 9.84 Å². The summed E-state index contributed by atoms with van der Waals surface area (Å²) in [5, 5.41) is 9.01. The summed E-state index contributed by atoms with van der Waals surface area (Å²) in [5.74, 6) is -0.00486. The molecule has 4 heteroatoms. The monoisotopic (exact) mass is 243 g/mol. The summed E-state index contributed by atoms with van der Waals surface area (Å²) in [5.41, 5.74) is 0. The van der Waals surface area contributed by atoms with Gasteiger partial charge in [0.1, 0.15) is 0 Å². The van der Waals surface area contributed by atoms with Crippen molar-refractivity contribution in [2.75, 3.05) is 19.7 Å². The molecule has 4 nitrogen and oxygen atoms in total. The molecule has 0 amide bonds. The molecule has 0 aliphatic heterocycles. The molecule has 0 aromatic heterocycles. The Morgan fingerprint density at radius 1 is 1.47 bits per heavy atom. The molecule has 0 bridgehead atoms. The molecule has 0 aromatic carbocycles. The molecule has 1 aliphatic rings. The Labute approximate surface area is 104 Å². The summed E-state index contributed by atoms with van der Waals surface area (Å²) in [7, 11) is 0. The molecule has 1 unspecified atom stereocenters. The predicted molar refractivity (Wildman–Crippen MR) is 67.1 cm³/mol. The molecule has 1 N–H and O–H groups in total. The van der Waals surface area contributed by atoms with Gasteiger partial charge in [-0.05, 0) is 46.0 Å². The number of rotatable bonds is 9. The van der Waals surface area contributed by atoms with Crippen LogP contribution >= 0.6 is 0 Å². The van der Waals surface area contributed by atoms with Gasteiger partial charge >= 0.3 is 5.97 Å². The zero-order valence-electron chi connectivity index (χ0n) is 11.2. The summed E-state index contributed by atoms with van der Waals surface area (Å²) in [6, 6.07) is 0.478. The van der Waals surface area contributed by atoms with Gasteiger partial charge in [0.05, 0.1) is 0 Å². The van der Waals surface area contributed by atoms with Crippen molar-refractivity contribution in [3.8, 4) is 0 Å². The molecule has 0 aromatic rings. The third-order valence-electron chi connectivity index (χ3n) is 3.24. The fourth-order valence-electron chi connectivity index (χ4n) is 1.95. The number of carboxylic acid groups (broad SMARTS) is 1.